The van der Waals surface area contributed by atoms with Crippen LogP contribution in [0.5, 0.6) is 0 Å². The van der Waals surface area contributed by atoms with E-state index in [1.807, 2.05) is 36.1 Å². The van der Waals surface area contributed by atoms with Gasteiger partial charge in [-0.3, -0.25) is 0 Å². The molecule has 0 aliphatic carbocycles. The van der Waals surface area contributed by atoms with E-state index in [1.165, 1.54) is 6.07 Å². The molecule has 2 rings (SSSR count). The van der Waals surface area contributed by atoms with Gasteiger partial charge < -0.3 is 10.6 Å². The van der Waals surface area contributed by atoms with Crippen LogP contribution in [0.2, 0.25) is 0 Å². The van der Waals surface area contributed by atoms with Crippen LogP contribution in [-0.4, -0.2) is 11.5 Å². The molecule has 2 aromatic rings. The fourth-order valence-corrected chi connectivity index (χ4v) is 2.19. The van der Waals surface area contributed by atoms with Crippen molar-refractivity contribution in [1.29, 1.82) is 0 Å². The summed E-state index contributed by atoms with van der Waals surface area (Å²) in [5, 5.41) is 0. The van der Waals surface area contributed by atoms with Crippen molar-refractivity contribution in [3.05, 3.63) is 52.4 Å². The third-order valence-electron chi connectivity index (χ3n) is 2.79. The predicted octanol–water partition coefficient (Wildman–Crippen LogP) is 3.59. The number of hydrogen-bond acceptors (Lipinski definition) is 3. The molecule has 0 amide bonds. The number of rotatable bonds is 4. The lowest BCUT2D eigenvalue weighted by Gasteiger charge is -2.22. The second-order valence-electron chi connectivity index (χ2n) is 4.22. The normalized spacial score (nSPS) is 10.5. The minimum atomic E-state index is -0.333. The van der Waals surface area contributed by atoms with Crippen LogP contribution < -0.4 is 10.6 Å². The Kier molecular flexibility index (Phi) is 4.37. The van der Waals surface area contributed by atoms with E-state index in [-0.39, 0.29) is 5.82 Å². The highest BCUT2D eigenvalue weighted by atomic mass is 79.9. The highest BCUT2D eigenvalue weighted by Crippen LogP contribution is 2.22. The van der Waals surface area contributed by atoms with Crippen LogP contribution in [0.4, 0.5) is 15.9 Å². The molecule has 0 radical (unpaired) electrons. The number of nitrogen functional groups attached to an aromatic ring is 1. The molecule has 5 heteroatoms. The van der Waals surface area contributed by atoms with Gasteiger partial charge in [-0.2, -0.15) is 0 Å². The summed E-state index contributed by atoms with van der Waals surface area (Å²) in [7, 11) is 0. The number of nitrogens with two attached hydrogens (primary N) is 1. The van der Waals surface area contributed by atoms with Crippen LogP contribution in [0.1, 0.15) is 12.5 Å². The second kappa shape index (κ2) is 6.02. The van der Waals surface area contributed by atoms with Crippen LogP contribution in [0.15, 0.2) is 41.0 Å². The first-order chi connectivity index (χ1) is 9.10. The maximum absolute atomic E-state index is 13.9. The van der Waals surface area contributed by atoms with Gasteiger partial charge in [0.25, 0.3) is 0 Å². The zero-order chi connectivity index (χ0) is 13.8. The lowest BCUT2D eigenvalue weighted by molar-refractivity contribution is 0.608. The average molecular weight is 324 g/mol. The summed E-state index contributed by atoms with van der Waals surface area (Å²) < 4.78 is 14.5. The molecule has 0 unspecified atom stereocenters. The number of pyridine rings is 1. The molecule has 0 bridgehead atoms. The molecule has 1 heterocycles. The number of aromatic nitrogens is 1. The molecule has 0 fully saturated rings. The summed E-state index contributed by atoms with van der Waals surface area (Å²) >= 11 is 3.21. The Bertz CT molecular complexity index is 574. The van der Waals surface area contributed by atoms with E-state index in [9.17, 15) is 4.39 Å². The molecular weight excluding hydrogens is 309 g/mol. The summed E-state index contributed by atoms with van der Waals surface area (Å²) in [6.07, 6.45) is 1.60. The topological polar surface area (TPSA) is 42.1 Å². The minimum absolute atomic E-state index is 0.333. The molecule has 0 saturated heterocycles. The predicted molar refractivity (Wildman–Crippen MR) is 79.5 cm³/mol. The Hall–Kier alpha value is -1.62. The summed E-state index contributed by atoms with van der Waals surface area (Å²) in [4.78, 5) is 6.01. The summed E-state index contributed by atoms with van der Waals surface area (Å²) in [6.45, 7) is 3.21. The molecular formula is C14H15BrFN3. The Morgan fingerprint density at radius 1 is 1.37 bits per heavy atom. The molecule has 0 spiro atoms. The number of hydrogen-bond donors (Lipinski definition) is 1. The van der Waals surface area contributed by atoms with Gasteiger partial charge in [0.15, 0.2) is 11.6 Å². The molecule has 1 aromatic carbocycles. The van der Waals surface area contributed by atoms with E-state index in [2.05, 4.69) is 20.9 Å². The molecule has 0 aliphatic rings. The van der Waals surface area contributed by atoms with Crippen molar-refractivity contribution in [2.75, 3.05) is 17.2 Å². The summed E-state index contributed by atoms with van der Waals surface area (Å²) in [6, 6.07) is 9.00. The lowest BCUT2D eigenvalue weighted by Crippen LogP contribution is -2.24. The van der Waals surface area contributed by atoms with Crippen LogP contribution >= 0.6 is 15.9 Å². The van der Waals surface area contributed by atoms with Gasteiger partial charge in [0.2, 0.25) is 0 Å². The fraction of sp³-hybridized carbons (Fsp3) is 0.214. The maximum Gasteiger partial charge on any atom is 0.166 e. The van der Waals surface area contributed by atoms with Gasteiger partial charge >= 0.3 is 0 Å². The number of anilines is 2. The van der Waals surface area contributed by atoms with Gasteiger partial charge in [0, 0.05) is 29.4 Å². The summed E-state index contributed by atoms with van der Waals surface area (Å²) in [5.41, 5.74) is 7.49. The van der Waals surface area contributed by atoms with E-state index in [4.69, 9.17) is 5.73 Å². The first kappa shape index (κ1) is 13.8. The third-order valence-corrected chi connectivity index (χ3v) is 3.23. The largest absolute Gasteiger partial charge is 0.399 e. The van der Waals surface area contributed by atoms with Crippen molar-refractivity contribution in [2.24, 2.45) is 0 Å². The average Bonchev–Trinajstić information content (AvgIpc) is 2.37. The first-order valence-electron chi connectivity index (χ1n) is 6.00. The monoisotopic (exact) mass is 323 g/mol. The molecule has 1 aromatic heterocycles. The van der Waals surface area contributed by atoms with Gasteiger partial charge in [-0.25, -0.2) is 9.37 Å². The van der Waals surface area contributed by atoms with Crippen molar-refractivity contribution < 1.29 is 4.39 Å². The zero-order valence-corrected chi connectivity index (χ0v) is 12.2. The minimum Gasteiger partial charge on any atom is -0.399 e. The molecule has 3 nitrogen and oxygen atoms in total. The van der Waals surface area contributed by atoms with Gasteiger partial charge in [-0.1, -0.05) is 12.1 Å². The smallest absolute Gasteiger partial charge is 0.166 e. The lowest BCUT2D eigenvalue weighted by atomic mass is 10.2. The Balaban J connectivity index is 2.25. The van der Waals surface area contributed by atoms with Crippen LogP contribution in [0.3, 0.4) is 0 Å². The highest BCUT2D eigenvalue weighted by Gasteiger charge is 2.12. The van der Waals surface area contributed by atoms with E-state index in [0.29, 0.717) is 29.1 Å². The van der Waals surface area contributed by atoms with Gasteiger partial charge in [-0.15, -0.1) is 0 Å². The Morgan fingerprint density at radius 3 is 2.79 bits per heavy atom. The van der Waals surface area contributed by atoms with Gasteiger partial charge in [0.1, 0.15) is 0 Å². The molecule has 0 saturated carbocycles. The number of nitrogens with zero attached hydrogens (tertiary/aromatic N) is 2. The van der Waals surface area contributed by atoms with Gasteiger partial charge in [-0.05, 0) is 46.6 Å². The van der Waals surface area contributed by atoms with E-state index in [1.54, 1.807) is 6.20 Å². The maximum atomic E-state index is 13.9. The Morgan fingerprint density at radius 2 is 2.16 bits per heavy atom. The highest BCUT2D eigenvalue weighted by molar-refractivity contribution is 9.10. The zero-order valence-electron chi connectivity index (χ0n) is 10.6. The van der Waals surface area contributed by atoms with Gasteiger partial charge in [0.05, 0.1) is 0 Å². The fourth-order valence-electron chi connectivity index (χ4n) is 1.89. The second-order valence-corrected chi connectivity index (χ2v) is 5.13. The van der Waals surface area contributed by atoms with Crippen LogP contribution in [-0.2, 0) is 6.54 Å². The first-order valence-corrected chi connectivity index (χ1v) is 6.80. The summed E-state index contributed by atoms with van der Waals surface area (Å²) in [5.74, 6) is 0.0215. The van der Waals surface area contributed by atoms with Crippen molar-refractivity contribution in [1.82, 2.24) is 4.98 Å². The molecule has 0 aliphatic heterocycles. The number of halogens is 2. The van der Waals surface area contributed by atoms with E-state index < -0.39 is 0 Å². The SMILES string of the molecule is CCN(Cc1cccc(N)c1)c1ncc(Br)cc1F. The Labute approximate surface area is 120 Å². The van der Waals surface area contributed by atoms with E-state index in [0.717, 1.165) is 5.56 Å². The van der Waals surface area contributed by atoms with Crippen LogP contribution in [0, 0.1) is 5.82 Å². The number of benzene rings is 1. The van der Waals surface area contributed by atoms with E-state index >= 15 is 0 Å². The third kappa shape index (κ3) is 3.44. The van der Waals surface area contributed by atoms with Crippen molar-refractivity contribution in [3.8, 4) is 0 Å². The van der Waals surface area contributed by atoms with Crippen LogP contribution in [0.25, 0.3) is 0 Å². The standard InChI is InChI=1S/C14H15BrFN3/c1-2-19(9-10-4-3-5-12(17)6-10)14-13(16)7-11(15)8-18-14/h3-8H,2,9,17H2,1H3. The molecule has 100 valence electrons. The van der Waals surface area contributed by atoms with Crippen molar-refractivity contribution >= 4 is 27.4 Å². The molecule has 0 atom stereocenters. The van der Waals surface area contributed by atoms with Crippen molar-refractivity contribution in [2.45, 2.75) is 13.5 Å². The molecule has 2 N–H and O–H groups in total. The molecule has 19 heavy (non-hydrogen) atoms. The quantitative estimate of drug-likeness (QED) is 0.874. The van der Waals surface area contributed by atoms with Crippen molar-refractivity contribution in [3.63, 3.8) is 0 Å².